The van der Waals surface area contributed by atoms with Gasteiger partial charge in [0.25, 0.3) is 0 Å². The number of unbranched alkanes of at least 4 members (excludes halogenated alkanes) is 23. The number of carbonyl (C=O) groups is 3. The van der Waals surface area contributed by atoms with Crippen LogP contribution in [0.15, 0.2) is 85.1 Å². The molecule has 408 valence electrons. The molecule has 0 saturated carbocycles. The second-order valence-electron chi connectivity index (χ2n) is 20.2. The monoisotopic (exact) mass is 994 g/mol. The highest BCUT2D eigenvalue weighted by molar-refractivity contribution is 5.70. The van der Waals surface area contributed by atoms with Crippen molar-refractivity contribution in [2.24, 2.45) is 0 Å². The van der Waals surface area contributed by atoms with Gasteiger partial charge in [-0.25, -0.2) is 0 Å². The number of rotatable bonds is 52. The molecule has 0 rings (SSSR count). The Morgan fingerprint density at radius 2 is 0.803 bits per heavy atom. The molecule has 0 amide bonds. The fraction of sp³-hybridized carbons (Fsp3) is 0.726. The lowest BCUT2D eigenvalue weighted by atomic mass is 10.0. The number of carboxylic acid groups (broad SMARTS) is 1. The van der Waals surface area contributed by atoms with E-state index in [0.717, 1.165) is 96.3 Å². The Hall–Kier alpha value is -3.53. The van der Waals surface area contributed by atoms with Crippen molar-refractivity contribution < 1.29 is 42.9 Å². The molecule has 9 heteroatoms. The van der Waals surface area contributed by atoms with Crippen LogP contribution < -0.4 is 5.11 Å². The molecular formula is C62H107NO8. The summed E-state index contributed by atoms with van der Waals surface area (Å²) in [5.41, 5.74) is 0. The van der Waals surface area contributed by atoms with Crippen LogP contribution in [0.2, 0.25) is 0 Å². The van der Waals surface area contributed by atoms with Crippen molar-refractivity contribution >= 4 is 17.9 Å². The molecule has 71 heavy (non-hydrogen) atoms. The minimum Gasteiger partial charge on any atom is -0.545 e. The van der Waals surface area contributed by atoms with Crippen molar-refractivity contribution in [3.8, 4) is 0 Å². The molecule has 0 bridgehead atoms. The van der Waals surface area contributed by atoms with E-state index < -0.39 is 24.3 Å². The van der Waals surface area contributed by atoms with Crippen LogP contribution in [-0.4, -0.2) is 82.3 Å². The molecule has 0 aliphatic rings. The number of hydrogen-bond donors (Lipinski definition) is 0. The Balaban J connectivity index is 4.26. The van der Waals surface area contributed by atoms with Gasteiger partial charge in [0.15, 0.2) is 12.4 Å². The first-order valence-corrected chi connectivity index (χ1v) is 28.7. The fourth-order valence-electron chi connectivity index (χ4n) is 7.71. The van der Waals surface area contributed by atoms with Gasteiger partial charge in [0.1, 0.15) is 13.2 Å². The van der Waals surface area contributed by atoms with Crippen molar-refractivity contribution in [3.05, 3.63) is 85.1 Å². The maximum atomic E-state index is 12.9. The molecule has 0 heterocycles. The summed E-state index contributed by atoms with van der Waals surface area (Å²) in [5.74, 6) is -2.30. The molecular weight excluding hydrogens is 887 g/mol. The van der Waals surface area contributed by atoms with E-state index in [1.807, 2.05) is 21.1 Å². The third-order valence-corrected chi connectivity index (χ3v) is 12.1. The zero-order valence-electron chi connectivity index (χ0n) is 46.3. The molecule has 0 aromatic carbocycles. The number of aliphatic carboxylic acids is 1. The number of hydrogen-bond acceptors (Lipinski definition) is 8. The van der Waals surface area contributed by atoms with Crippen molar-refractivity contribution in [3.63, 3.8) is 0 Å². The molecule has 9 nitrogen and oxygen atoms in total. The van der Waals surface area contributed by atoms with Gasteiger partial charge in [0.05, 0.1) is 40.3 Å². The lowest BCUT2D eigenvalue weighted by Gasteiger charge is -2.26. The first kappa shape index (κ1) is 67.5. The minimum atomic E-state index is -1.63. The van der Waals surface area contributed by atoms with E-state index in [-0.39, 0.29) is 38.6 Å². The number of allylic oxidation sites excluding steroid dienone is 14. The van der Waals surface area contributed by atoms with Crippen LogP contribution in [0.1, 0.15) is 232 Å². The summed E-state index contributed by atoms with van der Waals surface area (Å²) in [6, 6.07) is 0. The number of carbonyl (C=O) groups excluding carboxylic acids is 3. The van der Waals surface area contributed by atoms with E-state index in [4.69, 9.17) is 18.9 Å². The third kappa shape index (κ3) is 54.1. The van der Waals surface area contributed by atoms with Crippen LogP contribution in [-0.2, 0) is 33.3 Å². The highest BCUT2D eigenvalue weighted by Crippen LogP contribution is 2.15. The largest absolute Gasteiger partial charge is 0.545 e. The maximum Gasteiger partial charge on any atom is 0.306 e. The minimum absolute atomic E-state index is 0.143. The van der Waals surface area contributed by atoms with Crippen LogP contribution in [0.4, 0.5) is 0 Å². The van der Waals surface area contributed by atoms with Gasteiger partial charge in [0, 0.05) is 12.8 Å². The van der Waals surface area contributed by atoms with Crippen molar-refractivity contribution in [2.45, 2.75) is 245 Å². The van der Waals surface area contributed by atoms with E-state index in [1.54, 1.807) is 0 Å². The predicted octanol–water partition coefficient (Wildman–Crippen LogP) is 15.5. The molecule has 0 aromatic rings. The van der Waals surface area contributed by atoms with Gasteiger partial charge >= 0.3 is 11.9 Å². The summed E-state index contributed by atoms with van der Waals surface area (Å²) >= 11 is 0. The molecule has 0 aliphatic carbocycles. The molecule has 0 fully saturated rings. The van der Waals surface area contributed by atoms with Crippen LogP contribution in [0.3, 0.4) is 0 Å². The summed E-state index contributed by atoms with van der Waals surface area (Å²) in [7, 11) is 5.91. The fourth-order valence-corrected chi connectivity index (χ4v) is 7.71. The van der Waals surface area contributed by atoms with Crippen molar-refractivity contribution in [1.82, 2.24) is 0 Å². The number of nitrogens with zero attached hydrogens (tertiary/aromatic N) is 1. The number of esters is 2. The number of ether oxygens (including phenoxy) is 4. The van der Waals surface area contributed by atoms with Crippen LogP contribution in [0.5, 0.6) is 0 Å². The maximum absolute atomic E-state index is 12.9. The topological polar surface area (TPSA) is 111 Å². The average molecular weight is 995 g/mol. The normalized spacial score (nSPS) is 13.4. The summed E-state index contributed by atoms with van der Waals surface area (Å²) in [5, 5.41) is 11.8. The highest BCUT2D eigenvalue weighted by Gasteiger charge is 2.22. The highest BCUT2D eigenvalue weighted by atomic mass is 16.7. The molecule has 0 aliphatic heterocycles. The van der Waals surface area contributed by atoms with E-state index in [0.29, 0.717) is 17.4 Å². The predicted molar refractivity (Wildman–Crippen MR) is 297 cm³/mol. The summed E-state index contributed by atoms with van der Waals surface area (Å²) in [6.07, 6.45) is 66.2. The SMILES string of the molecule is CC/C=C\C/C=C\C/C=C\C/C=C\C/C=C\C/C=C\CCCCCCCCCCCCC(=O)OC(COC(=O)CCCCCCCCC/C=C\CCCCCCCC)COC(OCC[N+](C)(C)C)C(=O)[O-]. The molecule has 0 aromatic heterocycles. The molecule has 0 saturated heterocycles. The third-order valence-electron chi connectivity index (χ3n) is 12.1. The van der Waals surface area contributed by atoms with Crippen LogP contribution >= 0.6 is 0 Å². The Labute approximate surface area is 436 Å². The van der Waals surface area contributed by atoms with Crippen molar-refractivity contribution in [2.75, 3.05) is 47.5 Å². The quantitative estimate of drug-likeness (QED) is 0.0195. The Morgan fingerprint density at radius 1 is 0.437 bits per heavy atom. The van der Waals surface area contributed by atoms with Gasteiger partial charge in [-0.05, 0) is 89.9 Å². The molecule has 0 spiro atoms. The van der Waals surface area contributed by atoms with Crippen LogP contribution in [0, 0.1) is 0 Å². The summed E-state index contributed by atoms with van der Waals surface area (Å²) in [4.78, 5) is 37.3. The van der Waals surface area contributed by atoms with Crippen LogP contribution in [0.25, 0.3) is 0 Å². The second-order valence-corrected chi connectivity index (χ2v) is 20.2. The zero-order chi connectivity index (χ0) is 52.0. The van der Waals surface area contributed by atoms with Crippen molar-refractivity contribution in [1.29, 1.82) is 0 Å². The lowest BCUT2D eigenvalue weighted by molar-refractivity contribution is -0.870. The first-order valence-electron chi connectivity index (χ1n) is 28.7. The van der Waals surface area contributed by atoms with Gasteiger partial charge in [-0.3, -0.25) is 9.59 Å². The first-order chi connectivity index (χ1) is 34.6. The average Bonchev–Trinajstić information content (AvgIpc) is 3.34. The van der Waals surface area contributed by atoms with E-state index in [1.165, 1.54) is 103 Å². The molecule has 0 N–H and O–H groups in total. The Morgan fingerprint density at radius 3 is 1.21 bits per heavy atom. The standard InChI is InChI=1S/C62H107NO8/c1-6-8-10-12-14-16-18-20-22-24-25-26-27-28-29-30-31-32-33-34-35-37-39-41-43-45-47-49-51-53-60(65)71-58(57-70-62(61(66)67)68-55-54-63(3,4)5)56-69-59(64)52-50-48-46-44-42-40-38-36-23-21-19-17-15-13-11-9-7-2/h8,10,14,16,20-23,25-26,28-29,31-32,58,62H,6-7,9,11-13,15,17-19,24,27,30,33-57H2,1-5H3/b10-8-,16-14-,22-20-,23-21-,26-25-,29-28-,32-31-. The van der Waals surface area contributed by atoms with Gasteiger partial charge < -0.3 is 33.3 Å². The van der Waals surface area contributed by atoms with Gasteiger partial charge in [-0.15, -0.1) is 0 Å². The molecule has 2 atom stereocenters. The summed E-state index contributed by atoms with van der Waals surface area (Å²) in [6.45, 7) is 4.62. The van der Waals surface area contributed by atoms with E-state index >= 15 is 0 Å². The lowest BCUT2D eigenvalue weighted by Crippen LogP contribution is -2.44. The smallest absolute Gasteiger partial charge is 0.306 e. The van der Waals surface area contributed by atoms with Gasteiger partial charge in [-0.2, -0.15) is 0 Å². The Bertz CT molecular complexity index is 1440. The summed E-state index contributed by atoms with van der Waals surface area (Å²) < 4.78 is 22.7. The van der Waals surface area contributed by atoms with Gasteiger partial charge in [0.2, 0.25) is 0 Å². The van der Waals surface area contributed by atoms with E-state index in [2.05, 4.69) is 98.9 Å². The van der Waals surface area contributed by atoms with E-state index in [9.17, 15) is 19.5 Å². The van der Waals surface area contributed by atoms with Gasteiger partial charge in [-0.1, -0.05) is 214 Å². The zero-order valence-corrected chi connectivity index (χ0v) is 46.3. The number of likely N-dealkylation sites (N-methyl/N-ethyl adjacent to an activating group) is 1. The molecule has 2 unspecified atom stereocenters. The second kappa shape index (κ2) is 52.8. The number of carboxylic acids is 1. The number of quaternary nitrogens is 1. The Kier molecular flexibility index (Phi) is 50.2. The molecule has 0 radical (unpaired) electrons.